The molecule has 0 atom stereocenters. The van der Waals surface area contributed by atoms with Gasteiger partial charge in [0.2, 0.25) is 0 Å². The lowest BCUT2D eigenvalue weighted by Crippen LogP contribution is -2.28. The summed E-state index contributed by atoms with van der Waals surface area (Å²) in [6.45, 7) is 9.07. The van der Waals surface area contributed by atoms with Crippen molar-refractivity contribution >= 4 is 5.97 Å². The molecule has 0 fully saturated rings. The predicted molar refractivity (Wildman–Crippen MR) is 55.9 cm³/mol. The maximum Gasteiger partial charge on any atom is 0.333 e. The molecule has 0 spiro atoms. The van der Waals surface area contributed by atoms with E-state index in [4.69, 9.17) is 9.84 Å². The lowest BCUT2D eigenvalue weighted by atomic mass is 10.0. The average molecular weight is 200 g/mol. The van der Waals surface area contributed by atoms with E-state index < -0.39 is 5.60 Å². The van der Waals surface area contributed by atoms with E-state index in [1.54, 1.807) is 6.92 Å². The molecular formula is C11H20O3. The number of carbonyl (C=O) groups excluding carboxylic acids is 1. The van der Waals surface area contributed by atoms with Crippen LogP contribution in [0.25, 0.3) is 0 Å². The van der Waals surface area contributed by atoms with Gasteiger partial charge in [-0.25, -0.2) is 4.79 Å². The van der Waals surface area contributed by atoms with Crippen LogP contribution in [0.15, 0.2) is 12.2 Å². The van der Waals surface area contributed by atoms with E-state index in [-0.39, 0.29) is 12.6 Å². The summed E-state index contributed by atoms with van der Waals surface area (Å²) in [5, 5.41) is 8.61. The van der Waals surface area contributed by atoms with Gasteiger partial charge >= 0.3 is 5.97 Å². The first-order valence-electron chi connectivity index (χ1n) is 4.89. The molecule has 0 saturated heterocycles. The van der Waals surface area contributed by atoms with E-state index >= 15 is 0 Å². The molecule has 3 nitrogen and oxygen atoms in total. The van der Waals surface area contributed by atoms with Crippen molar-refractivity contribution in [3.8, 4) is 0 Å². The second-order valence-electron chi connectivity index (χ2n) is 4.11. The molecule has 0 aliphatic heterocycles. The lowest BCUT2D eigenvalue weighted by Gasteiger charge is -2.25. The Hall–Kier alpha value is -0.830. The zero-order valence-electron chi connectivity index (χ0n) is 9.30. The number of carbonyl (C=O) groups is 1. The Balaban J connectivity index is 3.93. The smallest absolute Gasteiger partial charge is 0.333 e. The van der Waals surface area contributed by atoms with Crippen LogP contribution in [0.4, 0.5) is 0 Å². The number of hydrogen-bond acceptors (Lipinski definition) is 3. The number of rotatable bonds is 6. The Morgan fingerprint density at radius 2 is 2.00 bits per heavy atom. The van der Waals surface area contributed by atoms with Gasteiger partial charge in [-0.1, -0.05) is 6.58 Å². The fourth-order valence-corrected chi connectivity index (χ4v) is 1.05. The third-order valence-corrected chi connectivity index (χ3v) is 1.90. The van der Waals surface area contributed by atoms with Gasteiger partial charge in [0.05, 0.1) is 0 Å². The fraction of sp³-hybridized carbons (Fsp3) is 0.727. The van der Waals surface area contributed by atoms with Gasteiger partial charge in [0.1, 0.15) is 5.60 Å². The second-order valence-corrected chi connectivity index (χ2v) is 4.11. The fourth-order valence-electron chi connectivity index (χ4n) is 1.05. The summed E-state index contributed by atoms with van der Waals surface area (Å²) in [6.07, 6.45) is 2.35. The molecule has 0 rings (SSSR count). The van der Waals surface area contributed by atoms with Crippen molar-refractivity contribution in [2.45, 2.75) is 45.6 Å². The molecule has 0 bridgehead atoms. The van der Waals surface area contributed by atoms with Crippen LogP contribution in [0.2, 0.25) is 0 Å². The molecule has 0 amide bonds. The molecule has 0 saturated carbocycles. The van der Waals surface area contributed by atoms with Crippen LogP contribution in [-0.4, -0.2) is 23.3 Å². The summed E-state index contributed by atoms with van der Waals surface area (Å²) in [7, 11) is 0. The monoisotopic (exact) mass is 200 g/mol. The van der Waals surface area contributed by atoms with Crippen molar-refractivity contribution in [2.24, 2.45) is 0 Å². The molecule has 0 unspecified atom stereocenters. The molecule has 0 radical (unpaired) electrons. The van der Waals surface area contributed by atoms with E-state index in [2.05, 4.69) is 6.58 Å². The number of aliphatic hydroxyl groups excluding tert-OH is 1. The van der Waals surface area contributed by atoms with Gasteiger partial charge in [0, 0.05) is 12.2 Å². The first-order valence-corrected chi connectivity index (χ1v) is 4.89. The summed E-state index contributed by atoms with van der Waals surface area (Å²) >= 11 is 0. The minimum atomic E-state index is -0.467. The number of aliphatic hydroxyl groups is 1. The van der Waals surface area contributed by atoms with Crippen molar-refractivity contribution in [1.29, 1.82) is 0 Å². The van der Waals surface area contributed by atoms with E-state index in [0.717, 1.165) is 19.3 Å². The maximum atomic E-state index is 11.2. The molecular weight excluding hydrogens is 180 g/mol. The van der Waals surface area contributed by atoms with Crippen LogP contribution < -0.4 is 0 Å². The van der Waals surface area contributed by atoms with E-state index in [9.17, 15) is 4.79 Å². The van der Waals surface area contributed by atoms with Crippen LogP contribution in [0.5, 0.6) is 0 Å². The topological polar surface area (TPSA) is 46.5 Å². The standard InChI is InChI=1S/C11H20O3/c1-9(2)10(13)14-11(3,4)7-5-6-8-12/h12H,1,5-8H2,2-4H3. The minimum Gasteiger partial charge on any atom is -0.456 e. The molecule has 82 valence electrons. The van der Waals surface area contributed by atoms with Gasteiger partial charge in [-0.05, 0) is 40.0 Å². The molecule has 0 aromatic carbocycles. The molecule has 0 aromatic heterocycles. The SMILES string of the molecule is C=C(C)C(=O)OC(C)(C)CCCCO. The first kappa shape index (κ1) is 13.2. The normalized spacial score (nSPS) is 11.1. The molecule has 0 aliphatic rings. The Morgan fingerprint density at radius 3 is 2.43 bits per heavy atom. The van der Waals surface area contributed by atoms with Crippen molar-refractivity contribution < 1.29 is 14.6 Å². The quantitative estimate of drug-likeness (QED) is 0.405. The first-order chi connectivity index (χ1) is 6.39. The summed E-state index contributed by atoms with van der Waals surface area (Å²) in [5.74, 6) is -0.348. The Morgan fingerprint density at radius 1 is 1.43 bits per heavy atom. The molecule has 0 aromatic rings. The van der Waals surface area contributed by atoms with Gasteiger partial charge in [0.15, 0.2) is 0 Å². The summed E-state index contributed by atoms with van der Waals surface area (Å²) in [4.78, 5) is 11.2. The molecule has 0 aliphatic carbocycles. The number of esters is 1. The number of hydrogen-bond donors (Lipinski definition) is 1. The van der Waals surface area contributed by atoms with Crippen molar-refractivity contribution in [1.82, 2.24) is 0 Å². The summed E-state index contributed by atoms with van der Waals surface area (Å²) in [5.41, 5.74) is -0.0502. The Kier molecular flexibility index (Phi) is 5.46. The lowest BCUT2D eigenvalue weighted by molar-refractivity contribution is -0.152. The van der Waals surface area contributed by atoms with Gasteiger partial charge in [-0.2, -0.15) is 0 Å². The van der Waals surface area contributed by atoms with Crippen LogP contribution in [0.3, 0.4) is 0 Å². The highest BCUT2D eigenvalue weighted by Gasteiger charge is 2.22. The molecule has 1 N–H and O–H groups in total. The zero-order valence-corrected chi connectivity index (χ0v) is 9.30. The van der Waals surface area contributed by atoms with Crippen LogP contribution in [0, 0.1) is 0 Å². The van der Waals surface area contributed by atoms with Crippen LogP contribution >= 0.6 is 0 Å². The van der Waals surface area contributed by atoms with Crippen LogP contribution in [0.1, 0.15) is 40.0 Å². The highest BCUT2D eigenvalue weighted by atomic mass is 16.6. The van der Waals surface area contributed by atoms with Crippen molar-refractivity contribution in [3.05, 3.63) is 12.2 Å². The van der Waals surface area contributed by atoms with Crippen molar-refractivity contribution in [3.63, 3.8) is 0 Å². The minimum absolute atomic E-state index is 0.185. The van der Waals surface area contributed by atoms with E-state index in [0.29, 0.717) is 5.57 Å². The van der Waals surface area contributed by atoms with Crippen molar-refractivity contribution in [2.75, 3.05) is 6.61 Å². The van der Waals surface area contributed by atoms with Gasteiger partial charge in [0.25, 0.3) is 0 Å². The highest BCUT2D eigenvalue weighted by Crippen LogP contribution is 2.19. The summed E-state index contributed by atoms with van der Waals surface area (Å²) < 4.78 is 5.23. The number of unbranched alkanes of at least 4 members (excludes halogenated alkanes) is 1. The maximum absolute atomic E-state index is 11.2. The third-order valence-electron chi connectivity index (χ3n) is 1.90. The highest BCUT2D eigenvalue weighted by molar-refractivity contribution is 5.87. The Labute approximate surface area is 85.8 Å². The number of ether oxygens (including phenoxy) is 1. The molecule has 3 heteroatoms. The average Bonchev–Trinajstić information content (AvgIpc) is 2.03. The van der Waals surface area contributed by atoms with E-state index in [1.165, 1.54) is 0 Å². The largest absolute Gasteiger partial charge is 0.456 e. The zero-order chi connectivity index (χ0) is 11.2. The summed E-state index contributed by atoms with van der Waals surface area (Å²) in [6, 6.07) is 0. The van der Waals surface area contributed by atoms with Crippen LogP contribution in [-0.2, 0) is 9.53 Å². The molecule has 0 heterocycles. The van der Waals surface area contributed by atoms with Gasteiger partial charge < -0.3 is 9.84 Å². The van der Waals surface area contributed by atoms with E-state index in [1.807, 2.05) is 13.8 Å². The second kappa shape index (κ2) is 5.81. The third kappa shape index (κ3) is 5.75. The predicted octanol–water partition coefficient (Wildman–Crippen LogP) is 2.05. The molecule has 14 heavy (non-hydrogen) atoms. The Bertz CT molecular complexity index is 207. The van der Waals surface area contributed by atoms with Gasteiger partial charge in [-0.15, -0.1) is 0 Å². The van der Waals surface area contributed by atoms with Gasteiger partial charge in [-0.3, -0.25) is 0 Å².